The van der Waals surface area contributed by atoms with Gasteiger partial charge in [-0.25, -0.2) is 19.9 Å². The van der Waals surface area contributed by atoms with Crippen LogP contribution < -0.4 is 21.3 Å². The van der Waals surface area contributed by atoms with Crippen LogP contribution in [0.5, 0.6) is 0 Å². The molecular formula is C24H28N8O2. The number of fused-ring (bicyclic) bond motifs is 1. The summed E-state index contributed by atoms with van der Waals surface area (Å²) in [6.07, 6.45) is 7.20. The molecule has 2 aliphatic rings. The van der Waals surface area contributed by atoms with Crippen molar-refractivity contribution in [3.8, 4) is 0 Å². The maximum absolute atomic E-state index is 12.2. The summed E-state index contributed by atoms with van der Waals surface area (Å²) in [4.78, 5) is 32.3. The Kier molecular flexibility index (Phi) is 5.97. The molecule has 4 N–H and O–H groups in total. The van der Waals surface area contributed by atoms with Gasteiger partial charge in [-0.3, -0.25) is 4.79 Å². The van der Waals surface area contributed by atoms with E-state index in [0.717, 1.165) is 42.4 Å². The van der Waals surface area contributed by atoms with Crippen LogP contribution >= 0.6 is 0 Å². The SMILES string of the molecule is CNc1ncc(C(N)=Nc2ccc(N3CCO[C@H](C)C3)cn2)c2cc(NC(=O)C3CC3)ncc12. The molecule has 10 nitrogen and oxygen atoms in total. The van der Waals surface area contributed by atoms with Gasteiger partial charge in [0.05, 0.1) is 24.6 Å². The minimum atomic E-state index is -0.00288. The van der Waals surface area contributed by atoms with Crippen molar-refractivity contribution in [1.29, 1.82) is 0 Å². The number of amides is 1. The molecule has 1 saturated carbocycles. The zero-order chi connectivity index (χ0) is 23.7. The first kappa shape index (κ1) is 22.0. The largest absolute Gasteiger partial charge is 0.383 e. The molecule has 1 saturated heterocycles. The van der Waals surface area contributed by atoms with E-state index in [0.29, 0.717) is 29.6 Å². The molecular weight excluding hydrogens is 432 g/mol. The van der Waals surface area contributed by atoms with Gasteiger partial charge in [-0.05, 0) is 38.0 Å². The zero-order valence-electron chi connectivity index (χ0n) is 19.3. The molecule has 0 unspecified atom stereocenters. The van der Waals surface area contributed by atoms with E-state index in [4.69, 9.17) is 10.5 Å². The number of nitrogens with two attached hydrogens (primary N) is 1. The van der Waals surface area contributed by atoms with Crippen molar-refractivity contribution in [2.75, 3.05) is 42.3 Å². The molecule has 10 heteroatoms. The molecule has 3 aromatic rings. The Hall–Kier alpha value is -3.79. The highest BCUT2D eigenvalue weighted by atomic mass is 16.5. The molecule has 0 bridgehead atoms. The predicted octanol–water partition coefficient (Wildman–Crippen LogP) is 2.68. The number of nitrogens with zero attached hydrogens (tertiary/aromatic N) is 5. The Morgan fingerprint density at radius 3 is 2.74 bits per heavy atom. The lowest BCUT2D eigenvalue weighted by molar-refractivity contribution is -0.117. The minimum absolute atomic E-state index is 0.00288. The maximum atomic E-state index is 12.2. The van der Waals surface area contributed by atoms with E-state index >= 15 is 0 Å². The first-order valence-electron chi connectivity index (χ1n) is 11.5. The van der Waals surface area contributed by atoms with Crippen LogP contribution in [0.3, 0.4) is 0 Å². The smallest absolute Gasteiger partial charge is 0.228 e. The summed E-state index contributed by atoms with van der Waals surface area (Å²) in [6.45, 7) is 4.43. The lowest BCUT2D eigenvalue weighted by Crippen LogP contribution is -2.41. The molecule has 0 spiro atoms. The normalized spacial score (nSPS) is 18.7. The number of morpholine rings is 1. The molecule has 1 amide bonds. The van der Waals surface area contributed by atoms with Crippen molar-refractivity contribution in [3.63, 3.8) is 0 Å². The van der Waals surface area contributed by atoms with Gasteiger partial charge in [0.2, 0.25) is 5.91 Å². The predicted molar refractivity (Wildman–Crippen MR) is 133 cm³/mol. The van der Waals surface area contributed by atoms with Crippen molar-refractivity contribution in [2.45, 2.75) is 25.9 Å². The maximum Gasteiger partial charge on any atom is 0.228 e. The third-order valence-electron chi connectivity index (χ3n) is 6.06. The van der Waals surface area contributed by atoms with E-state index < -0.39 is 0 Å². The Morgan fingerprint density at radius 2 is 2.03 bits per heavy atom. The lowest BCUT2D eigenvalue weighted by Gasteiger charge is -2.32. The molecule has 176 valence electrons. The molecule has 0 aromatic carbocycles. The molecule has 1 atom stereocenters. The second-order valence-electron chi connectivity index (χ2n) is 8.65. The second-order valence-corrected chi connectivity index (χ2v) is 8.65. The van der Waals surface area contributed by atoms with Gasteiger partial charge >= 0.3 is 0 Å². The topological polar surface area (TPSA) is 131 Å². The Labute approximate surface area is 197 Å². The Bertz CT molecular complexity index is 1240. The summed E-state index contributed by atoms with van der Waals surface area (Å²) in [5.41, 5.74) is 8.08. The number of amidine groups is 1. The average Bonchev–Trinajstić information content (AvgIpc) is 3.69. The third kappa shape index (κ3) is 4.62. The number of nitrogens with one attached hydrogen (secondary N) is 2. The van der Waals surface area contributed by atoms with E-state index in [-0.39, 0.29) is 23.8 Å². The number of aliphatic imine (C=N–C) groups is 1. The van der Waals surface area contributed by atoms with Crippen LogP contribution in [0, 0.1) is 5.92 Å². The number of rotatable bonds is 6. The van der Waals surface area contributed by atoms with Gasteiger partial charge < -0.3 is 26.0 Å². The lowest BCUT2D eigenvalue weighted by atomic mass is 10.1. The number of aromatic nitrogens is 3. The fourth-order valence-corrected chi connectivity index (χ4v) is 4.05. The summed E-state index contributed by atoms with van der Waals surface area (Å²) < 4.78 is 5.61. The van der Waals surface area contributed by atoms with Crippen molar-refractivity contribution >= 4 is 45.7 Å². The highest BCUT2D eigenvalue weighted by molar-refractivity contribution is 6.12. The van der Waals surface area contributed by atoms with E-state index in [1.807, 2.05) is 18.2 Å². The molecule has 1 aliphatic carbocycles. The van der Waals surface area contributed by atoms with Gasteiger partial charge in [0.25, 0.3) is 0 Å². The van der Waals surface area contributed by atoms with Crippen LogP contribution in [0.4, 0.5) is 23.1 Å². The number of hydrogen-bond acceptors (Lipinski definition) is 8. The molecule has 3 aromatic heterocycles. The number of ether oxygens (including phenoxy) is 1. The minimum Gasteiger partial charge on any atom is -0.383 e. The third-order valence-corrected chi connectivity index (χ3v) is 6.06. The number of pyridine rings is 3. The first-order valence-corrected chi connectivity index (χ1v) is 11.5. The Morgan fingerprint density at radius 1 is 1.18 bits per heavy atom. The summed E-state index contributed by atoms with van der Waals surface area (Å²) in [6, 6.07) is 5.65. The van der Waals surface area contributed by atoms with Crippen LogP contribution in [0.25, 0.3) is 10.8 Å². The number of carbonyl (C=O) groups is 1. The number of carbonyl (C=O) groups excluding carboxylic acids is 1. The van der Waals surface area contributed by atoms with Crippen molar-refractivity contribution < 1.29 is 9.53 Å². The van der Waals surface area contributed by atoms with Crippen molar-refractivity contribution in [1.82, 2.24) is 15.0 Å². The summed E-state index contributed by atoms with van der Waals surface area (Å²) in [7, 11) is 1.79. The quantitative estimate of drug-likeness (QED) is 0.378. The highest BCUT2D eigenvalue weighted by Gasteiger charge is 2.30. The van der Waals surface area contributed by atoms with E-state index in [2.05, 4.69) is 42.4 Å². The molecule has 4 heterocycles. The monoisotopic (exact) mass is 460 g/mol. The molecule has 1 aliphatic heterocycles. The van der Waals surface area contributed by atoms with Crippen LogP contribution in [0.2, 0.25) is 0 Å². The second kappa shape index (κ2) is 9.22. The summed E-state index contributed by atoms with van der Waals surface area (Å²) >= 11 is 0. The van der Waals surface area contributed by atoms with Crippen LogP contribution in [0.1, 0.15) is 25.3 Å². The fourth-order valence-electron chi connectivity index (χ4n) is 4.05. The number of anilines is 3. The standard InChI is InChI=1S/C24H28N8O2/c1-14-13-32(7-8-34-14)16-5-6-20(27-10-16)30-22(25)18-11-29-23(26-2)19-12-28-21(9-17(18)19)31-24(33)15-3-4-15/h5-6,9-12,14-15H,3-4,7-8,13H2,1-2H3,(H,26,29)(H2,25,27,30)(H,28,31,33)/t14-/m1/s1. The molecule has 2 fully saturated rings. The van der Waals surface area contributed by atoms with Crippen LogP contribution in [-0.4, -0.2) is 59.5 Å². The Balaban J connectivity index is 1.44. The summed E-state index contributed by atoms with van der Waals surface area (Å²) in [5.74, 6) is 2.02. The van der Waals surface area contributed by atoms with Gasteiger partial charge in [0.15, 0.2) is 5.82 Å². The summed E-state index contributed by atoms with van der Waals surface area (Å²) in [5, 5.41) is 7.54. The average molecular weight is 461 g/mol. The molecule has 34 heavy (non-hydrogen) atoms. The van der Waals surface area contributed by atoms with Gasteiger partial charge in [-0.15, -0.1) is 0 Å². The van der Waals surface area contributed by atoms with Gasteiger partial charge in [-0.2, -0.15) is 0 Å². The van der Waals surface area contributed by atoms with Crippen LogP contribution in [0.15, 0.2) is 41.8 Å². The van der Waals surface area contributed by atoms with Crippen molar-refractivity contribution in [3.05, 3.63) is 42.4 Å². The van der Waals surface area contributed by atoms with E-state index in [9.17, 15) is 4.79 Å². The highest BCUT2D eigenvalue weighted by Crippen LogP contribution is 2.31. The van der Waals surface area contributed by atoms with Gasteiger partial charge in [0.1, 0.15) is 17.5 Å². The van der Waals surface area contributed by atoms with E-state index in [1.54, 1.807) is 25.6 Å². The van der Waals surface area contributed by atoms with E-state index in [1.165, 1.54) is 0 Å². The fraction of sp³-hybridized carbons (Fsp3) is 0.375. The zero-order valence-corrected chi connectivity index (χ0v) is 19.3. The first-order chi connectivity index (χ1) is 16.5. The van der Waals surface area contributed by atoms with Crippen molar-refractivity contribution in [2.24, 2.45) is 16.6 Å². The molecule has 0 radical (unpaired) electrons. The number of hydrogen-bond donors (Lipinski definition) is 3. The van der Waals surface area contributed by atoms with Gasteiger partial charge in [-0.1, -0.05) is 0 Å². The van der Waals surface area contributed by atoms with Crippen LogP contribution in [-0.2, 0) is 9.53 Å². The molecule has 5 rings (SSSR count). The van der Waals surface area contributed by atoms with Gasteiger partial charge in [0, 0.05) is 54.8 Å².